The van der Waals surface area contributed by atoms with E-state index in [1.54, 1.807) is 37.1 Å². The number of thioether (sulfide) groups is 1. The maximum Gasteiger partial charge on any atom is 0.408 e. The molecule has 0 bridgehead atoms. The van der Waals surface area contributed by atoms with E-state index in [0.29, 0.717) is 36.4 Å². The van der Waals surface area contributed by atoms with Crippen molar-refractivity contribution in [1.29, 1.82) is 0 Å². The zero-order chi connectivity index (χ0) is 29.4. The predicted octanol–water partition coefficient (Wildman–Crippen LogP) is 5.43. The molecule has 10 heteroatoms. The molecule has 3 atom stereocenters. The summed E-state index contributed by atoms with van der Waals surface area (Å²) in [5.74, 6) is 0.443. The van der Waals surface area contributed by atoms with Crippen molar-refractivity contribution in [2.75, 3.05) is 38.7 Å². The molecule has 40 heavy (non-hydrogen) atoms. The minimum Gasteiger partial charge on any atom is -0.444 e. The van der Waals surface area contributed by atoms with E-state index < -0.39 is 17.7 Å². The third kappa shape index (κ3) is 5.99. The van der Waals surface area contributed by atoms with Gasteiger partial charge in [0.2, 0.25) is 5.91 Å². The van der Waals surface area contributed by atoms with E-state index in [0.717, 1.165) is 34.0 Å². The maximum atomic E-state index is 14.1. The molecule has 1 aromatic carbocycles. The molecule has 2 heterocycles. The number of halogens is 1. The van der Waals surface area contributed by atoms with Crippen LogP contribution in [-0.2, 0) is 16.0 Å². The highest BCUT2D eigenvalue weighted by Gasteiger charge is 2.39. The van der Waals surface area contributed by atoms with Crippen LogP contribution < -0.4 is 5.32 Å². The van der Waals surface area contributed by atoms with E-state index >= 15 is 0 Å². The number of hydrogen-bond acceptors (Lipinski definition) is 6. The zero-order valence-electron chi connectivity index (χ0n) is 24.5. The van der Waals surface area contributed by atoms with E-state index in [4.69, 9.17) is 4.74 Å². The number of alkyl carbamates (subject to hydrolysis) is 1. The number of nitrogens with zero attached hydrogens (tertiary/aromatic N) is 3. The smallest absolute Gasteiger partial charge is 0.408 e. The molecule has 218 valence electrons. The summed E-state index contributed by atoms with van der Waals surface area (Å²) < 4.78 is 7.89. The number of aromatic nitrogens is 1. The first-order valence-corrected chi connectivity index (χ1v) is 16.2. The molecule has 1 aliphatic carbocycles. The van der Waals surface area contributed by atoms with Crippen LogP contribution in [0.5, 0.6) is 0 Å². The molecule has 8 nitrogen and oxygen atoms in total. The van der Waals surface area contributed by atoms with Gasteiger partial charge in [-0.25, -0.2) is 4.79 Å². The van der Waals surface area contributed by atoms with Gasteiger partial charge >= 0.3 is 6.09 Å². The van der Waals surface area contributed by atoms with Crippen molar-refractivity contribution in [2.24, 2.45) is 5.92 Å². The summed E-state index contributed by atoms with van der Waals surface area (Å²) in [7, 11) is 2.07. The molecule has 0 saturated heterocycles. The molecule has 2 amide bonds. The van der Waals surface area contributed by atoms with Gasteiger partial charge in [-0.2, -0.15) is 11.8 Å². The van der Waals surface area contributed by atoms with Gasteiger partial charge in [-0.3, -0.25) is 19.1 Å². The Morgan fingerprint density at radius 3 is 2.55 bits per heavy atom. The molecule has 0 unspecified atom stereocenters. The molecule has 1 aromatic heterocycles. The average molecular weight is 634 g/mol. The van der Waals surface area contributed by atoms with E-state index in [2.05, 4.69) is 45.3 Å². The quantitative estimate of drug-likeness (QED) is 0.418. The summed E-state index contributed by atoms with van der Waals surface area (Å²) in [5.41, 5.74) is 3.39. The Labute approximate surface area is 250 Å². The van der Waals surface area contributed by atoms with Gasteiger partial charge < -0.3 is 15.0 Å². The Hall–Kier alpha value is -2.30. The second-order valence-electron chi connectivity index (χ2n) is 11.5. The largest absolute Gasteiger partial charge is 0.444 e. The average Bonchev–Trinajstić information content (AvgIpc) is 3.18. The SMILES string of the molecule is CCN(CC)C(=O)[C@@H]1C=C2c3cccc4c3c(c(Br)n4C(=O)[C@H](CCSC)NC(=O)OC(C)(C)C)C[C@H]2N(C)C1. The fourth-order valence-electron chi connectivity index (χ4n) is 5.83. The monoisotopic (exact) mass is 632 g/mol. The number of amides is 2. The lowest BCUT2D eigenvalue weighted by Gasteiger charge is -2.40. The van der Waals surface area contributed by atoms with Gasteiger partial charge in [0.1, 0.15) is 11.6 Å². The number of benzene rings is 1. The predicted molar refractivity (Wildman–Crippen MR) is 166 cm³/mol. The summed E-state index contributed by atoms with van der Waals surface area (Å²) in [5, 5.41) is 3.85. The van der Waals surface area contributed by atoms with Crippen molar-refractivity contribution in [3.05, 3.63) is 40.0 Å². The van der Waals surface area contributed by atoms with Crippen LogP contribution in [0.3, 0.4) is 0 Å². The van der Waals surface area contributed by atoms with Crippen molar-refractivity contribution in [3.63, 3.8) is 0 Å². The second-order valence-corrected chi connectivity index (χ2v) is 13.3. The molecule has 0 radical (unpaired) electrons. The highest BCUT2D eigenvalue weighted by Crippen LogP contribution is 2.45. The zero-order valence-corrected chi connectivity index (χ0v) is 26.9. The second kappa shape index (κ2) is 12.3. The maximum absolute atomic E-state index is 14.1. The first-order chi connectivity index (χ1) is 18.9. The minimum absolute atomic E-state index is 0.105. The van der Waals surface area contributed by atoms with E-state index in [1.165, 1.54) is 0 Å². The van der Waals surface area contributed by atoms with Crippen molar-refractivity contribution in [1.82, 2.24) is 19.7 Å². The van der Waals surface area contributed by atoms with Gasteiger partial charge in [0, 0.05) is 31.1 Å². The van der Waals surface area contributed by atoms with Crippen molar-refractivity contribution in [2.45, 2.75) is 65.1 Å². The number of fused-ring (bicyclic) bond motifs is 2. The Morgan fingerprint density at radius 1 is 1.23 bits per heavy atom. The first-order valence-electron chi connectivity index (χ1n) is 14.0. The number of hydrogen-bond donors (Lipinski definition) is 1. The van der Waals surface area contributed by atoms with E-state index in [9.17, 15) is 14.4 Å². The fourth-order valence-corrected chi connectivity index (χ4v) is 7.03. The van der Waals surface area contributed by atoms with Gasteiger partial charge in [-0.15, -0.1) is 0 Å². The molecular formula is C30H41BrN4O4S. The Morgan fingerprint density at radius 2 is 1.93 bits per heavy atom. The fraction of sp³-hybridized carbons (Fsp3) is 0.567. The third-order valence-electron chi connectivity index (χ3n) is 7.71. The molecule has 2 aliphatic rings. The summed E-state index contributed by atoms with van der Waals surface area (Å²) in [6.45, 7) is 11.5. The van der Waals surface area contributed by atoms with Crippen LogP contribution in [0, 0.1) is 5.92 Å². The van der Waals surface area contributed by atoms with Crippen molar-refractivity contribution < 1.29 is 19.1 Å². The van der Waals surface area contributed by atoms with Gasteiger partial charge in [-0.1, -0.05) is 18.2 Å². The van der Waals surface area contributed by atoms with Gasteiger partial charge in [-0.05, 0) is 105 Å². The number of carbonyl (C=O) groups excluding carboxylic acids is 3. The molecule has 0 fully saturated rings. The normalized spacial score (nSPS) is 19.6. The molecular weight excluding hydrogens is 592 g/mol. The number of rotatable bonds is 8. The van der Waals surface area contributed by atoms with Gasteiger partial charge in [0.05, 0.1) is 16.0 Å². The molecule has 1 N–H and O–H groups in total. The van der Waals surface area contributed by atoms with E-state index in [1.807, 2.05) is 37.1 Å². The highest BCUT2D eigenvalue weighted by molar-refractivity contribution is 9.10. The minimum atomic E-state index is -0.744. The lowest BCUT2D eigenvalue weighted by atomic mass is 9.79. The Bertz CT molecular complexity index is 1330. The first kappa shape index (κ1) is 30.7. The molecule has 4 rings (SSSR count). The van der Waals surface area contributed by atoms with Crippen LogP contribution in [0.15, 0.2) is 28.9 Å². The lowest BCUT2D eigenvalue weighted by molar-refractivity contribution is -0.134. The van der Waals surface area contributed by atoms with Crippen molar-refractivity contribution >= 4 is 62.1 Å². The number of nitrogens with one attached hydrogen (secondary N) is 1. The summed E-state index contributed by atoms with van der Waals surface area (Å²) in [6.07, 6.45) is 4.73. The van der Waals surface area contributed by atoms with Crippen molar-refractivity contribution in [3.8, 4) is 0 Å². The highest BCUT2D eigenvalue weighted by atomic mass is 79.9. The van der Waals surface area contributed by atoms with Crippen LogP contribution in [-0.4, -0.2) is 88.6 Å². The Balaban J connectivity index is 1.77. The lowest BCUT2D eigenvalue weighted by Crippen LogP contribution is -2.47. The third-order valence-corrected chi connectivity index (χ3v) is 9.19. The standard InChI is InChI=1S/C30H41BrN4O4S/c1-8-34(9-2)27(36)18-15-20-19-11-10-12-23-25(19)21(16-24(20)33(6)17-18)26(31)35(23)28(37)22(13-14-40-7)32-29(38)39-30(3,4)5/h10-12,15,18,22,24H,8-9,13-14,16-17H2,1-7H3,(H,32,38)/t18-,22+,24-/m1/s1. The topological polar surface area (TPSA) is 83.9 Å². The molecule has 1 aliphatic heterocycles. The Kier molecular flexibility index (Phi) is 9.42. The molecule has 0 saturated carbocycles. The number of ether oxygens (including phenoxy) is 1. The number of likely N-dealkylation sites (N-methyl/N-ethyl adjacent to an activating group) is 1. The van der Waals surface area contributed by atoms with Crippen LogP contribution in [0.25, 0.3) is 16.5 Å². The van der Waals surface area contributed by atoms with E-state index in [-0.39, 0.29) is 23.8 Å². The molecule has 0 spiro atoms. The van der Waals surface area contributed by atoms with Crippen LogP contribution >= 0.6 is 27.7 Å². The summed E-state index contributed by atoms with van der Waals surface area (Å²) in [4.78, 5) is 44.2. The summed E-state index contributed by atoms with van der Waals surface area (Å²) >= 11 is 5.40. The van der Waals surface area contributed by atoms with Crippen LogP contribution in [0.4, 0.5) is 4.79 Å². The number of carbonyl (C=O) groups is 3. The van der Waals surface area contributed by atoms with Crippen LogP contribution in [0.2, 0.25) is 0 Å². The molecule has 2 aromatic rings. The van der Waals surface area contributed by atoms with Gasteiger partial charge in [0.25, 0.3) is 5.91 Å². The van der Waals surface area contributed by atoms with Gasteiger partial charge in [0.15, 0.2) is 0 Å². The van der Waals surface area contributed by atoms with Crippen LogP contribution in [0.1, 0.15) is 57.0 Å². The summed E-state index contributed by atoms with van der Waals surface area (Å²) in [6, 6.07) is 5.37.